The summed E-state index contributed by atoms with van der Waals surface area (Å²) in [6, 6.07) is 11.7. The number of nitrogens with zero attached hydrogens (tertiary/aromatic N) is 2. The van der Waals surface area contributed by atoms with Gasteiger partial charge in [0.25, 0.3) is 5.56 Å². The van der Waals surface area contributed by atoms with Gasteiger partial charge in [-0.2, -0.15) is 0 Å². The van der Waals surface area contributed by atoms with Gasteiger partial charge in [-0.25, -0.2) is 18.4 Å². The molecule has 0 saturated carbocycles. The summed E-state index contributed by atoms with van der Waals surface area (Å²) in [6.07, 6.45) is 0.392. The lowest BCUT2D eigenvalue weighted by Gasteiger charge is -2.18. The summed E-state index contributed by atoms with van der Waals surface area (Å²) in [4.78, 5) is 50.4. The zero-order valence-electron chi connectivity index (χ0n) is 17.8. The highest BCUT2D eigenvalue weighted by Crippen LogP contribution is 2.22. The zero-order chi connectivity index (χ0) is 25.3. The van der Waals surface area contributed by atoms with Crippen molar-refractivity contribution < 1.29 is 28.4 Å². The third-order valence-electron chi connectivity index (χ3n) is 5.25. The molecule has 2 N–H and O–H groups in total. The summed E-state index contributed by atoms with van der Waals surface area (Å²) >= 11 is 5.89. The summed E-state index contributed by atoms with van der Waals surface area (Å²) < 4.78 is 19.9. The molecule has 0 amide bonds. The van der Waals surface area contributed by atoms with E-state index in [9.17, 15) is 33.6 Å². The molecule has 10 nitrogen and oxygen atoms in total. The van der Waals surface area contributed by atoms with Crippen LogP contribution in [0, 0.1) is 0 Å². The fourth-order valence-corrected chi connectivity index (χ4v) is 4.82. The van der Waals surface area contributed by atoms with Crippen LogP contribution < -0.4 is 11.2 Å². The molecule has 0 aliphatic heterocycles. The van der Waals surface area contributed by atoms with Gasteiger partial charge in [0.2, 0.25) is 0 Å². The summed E-state index contributed by atoms with van der Waals surface area (Å²) in [5, 5.41) is 19.1. The Labute approximate surface area is 204 Å². The van der Waals surface area contributed by atoms with E-state index in [1.807, 2.05) is 0 Å². The van der Waals surface area contributed by atoms with Crippen LogP contribution in [0.25, 0.3) is 10.9 Å². The van der Waals surface area contributed by atoms with Crippen LogP contribution in [0.15, 0.2) is 84.7 Å². The van der Waals surface area contributed by atoms with Crippen molar-refractivity contribution in [3.63, 3.8) is 0 Å². The molecule has 35 heavy (non-hydrogen) atoms. The molecule has 0 spiro atoms. The molecule has 2 atom stereocenters. The van der Waals surface area contributed by atoms with Crippen LogP contribution in [0.5, 0.6) is 0 Å². The van der Waals surface area contributed by atoms with E-state index < -0.39 is 46.4 Å². The minimum atomic E-state index is -1.95. The highest BCUT2D eigenvalue weighted by atomic mass is 35.5. The van der Waals surface area contributed by atoms with E-state index in [1.165, 1.54) is 24.5 Å². The highest BCUT2D eigenvalue weighted by molar-refractivity contribution is 7.85. The van der Waals surface area contributed by atoms with Crippen LogP contribution in [0.3, 0.4) is 0 Å². The predicted octanol–water partition coefficient (Wildman–Crippen LogP) is 2.73. The Hall–Kier alpha value is -3.96. The number of furan rings is 1. The monoisotopic (exact) mass is 516 g/mol. The van der Waals surface area contributed by atoms with Gasteiger partial charge in [0.05, 0.1) is 40.9 Å². The van der Waals surface area contributed by atoms with E-state index in [0.717, 1.165) is 4.57 Å². The van der Waals surface area contributed by atoms with E-state index in [4.69, 9.17) is 16.0 Å². The van der Waals surface area contributed by atoms with Crippen molar-refractivity contribution in [3.05, 3.63) is 92.5 Å². The molecule has 2 heterocycles. The lowest BCUT2D eigenvalue weighted by Crippen LogP contribution is -2.45. The molecule has 0 fully saturated rings. The number of hydrogen-bond acceptors (Lipinski definition) is 6. The third-order valence-corrected chi connectivity index (χ3v) is 6.88. The van der Waals surface area contributed by atoms with E-state index in [-0.39, 0.29) is 22.3 Å². The Morgan fingerprint density at radius 3 is 2.31 bits per heavy atom. The molecule has 4 rings (SSSR count). The molecule has 0 radical (unpaired) electrons. The van der Waals surface area contributed by atoms with E-state index >= 15 is 0 Å². The van der Waals surface area contributed by atoms with Crippen molar-refractivity contribution >= 4 is 45.2 Å². The molecular formula is C23H17ClN2O8S. The van der Waals surface area contributed by atoms with Crippen LogP contribution in [-0.2, 0) is 26.9 Å². The maximum Gasteiger partial charge on any atom is 0.332 e. The molecule has 1 unspecified atom stereocenters. The minimum absolute atomic E-state index is 0.104. The topological polar surface area (TPSA) is 149 Å². The smallest absolute Gasteiger partial charge is 0.332 e. The Morgan fingerprint density at radius 1 is 1.03 bits per heavy atom. The maximum atomic E-state index is 13.3. The van der Waals surface area contributed by atoms with Crippen LogP contribution in [0.1, 0.15) is 18.2 Å². The van der Waals surface area contributed by atoms with Gasteiger partial charge in [-0.1, -0.05) is 11.6 Å². The van der Waals surface area contributed by atoms with E-state index in [2.05, 4.69) is 0 Å². The van der Waals surface area contributed by atoms with Gasteiger partial charge in [0.15, 0.2) is 0 Å². The van der Waals surface area contributed by atoms with Crippen molar-refractivity contribution in [3.8, 4) is 0 Å². The van der Waals surface area contributed by atoms with Crippen LogP contribution >= 0.6 is 11.6 Å². The minimum Gasteiger partial charge on any atom is -0.481 e. The number of fused-ring (bicyclic) bond motifs is 1. The van der Waals surface area contributed by atoms with E-state index in [1.54, 1.807) is 36.4 Å². The van der Waals surface area contributed by atoms with Gasteiger partial charge < -0.3 is 14.6 Å². The number of halogens is 1. The van der Waals surface area contributed by atoms with Gasteiger partial charge >= 0.3 is 17.6 Å². The number of carboxylic acid groups (broad SMARTS) is 2. The van der Waals surface area contributed by atoms with Crippen molar-refractivity contribution in [1.82, 2.24) is 9.13 Å². The third kappa shape index (κ3) is 4.81. The number of aliphatic carboxylic acids is 2. The molecule has 0 saturated heterocycles. The molecule has 0 bridgehead atoms. The average molecular weight is 517 g/mol. The molecule has 180 valence electrons. The second kappa shape index (κ2) is 9.72. The lowest BCUT2D eigenvalue weighted by atomic mass is 10.2. The molecule has 2 aromatic carbocycles. The number of carboxylic acids is 2. The normalized spacial score (nSPS) is 12.9. The van der Waals surface area contributed by atoms with Crippen LogP contribution in [-0.4, -0.2) is 35.5 Å². The largest absolute Gasteiger partial charge is 0.481 e. The van der Waals surface area contributed by atoms with Gasteiger partial charge in [-0.05, 0) is 54.6 Å². The van der Waals surface area contributed by atoms with Crippen molar-refractivity contribution in [2.24, 2.45) is 0 Å². The number of aromatic nitrogens is 2. The number of carbonyl (C=O) groups is 2. The van der Waals surface area contributed by atoms with Gasteiger partial charge in [-0.3, -0.25) is 14.2 Å². The number of hydrogen-bond donors (Lipinski definition) is 2. The summed E-state index contributed by atoms with van der Waals surface area (Å²) in [5.41, 5.74) is -1.88. The van der Waals surface area contributed by atoms with Crippen LogP contribution in [0.4, 0.5) is 0 Å². The Morgan fingerprint density at radius 2 is 1.71 bits per heavy atom. The highest BCUT2D eigenvalue weighted by Gasteiger charge is 2.29. The van der Waals surface area contributed by atoms with Gasteiger partial charge in [0.1, 0.15) is 11.8 Å². The first-order valence-electron chi connectivity index (χ1n) is 10.1. The molecular weight excluding hydrogens is 500 g/mol. The molecule has 4 aromatic rings. The lowest BCUT2D eigenvalue weighted by molar-refractivity contribution is -0.147. The standard InChI is InChI=1S/C23H17ClN2O8S/c24-13-3-5-15(6-4-13)35(33)16-7-8-18-17(10-16)21(29)26(19(22(30)31)11-20(27)28)23(32)25(18)12-14-2-1-9-34-14/h1-10,19H,11-12H2,(H,27,28)(H,30,31)/t19-,35?/m0/s1. The van der Waals surface area contributed by atoms with Crippen molar-refractivity contribution in [2.45, 2.75) is 28.8 Å². The number of benzene rings is 2. The second-order valence-electron chi connectivity index (χ2n) is 7.48. The SMILES string of the molecule is O=C(O)C[C@@H](C(=O)O)n1c(=O)c2cc(S(=O)c3ccc(Cl)cc3)ccc2n(Cc2ccco2)c1=O. The summed E-state index contributed by atoms with van der Waals surface area (Å²) in [7, 11) is -1.72. The second-order valence-corrected chi connectivity index (χ2v) is 9.39. The first-order valence-corrected chi connectivity index (χ1v) is 11.6. The van der Waals surface area contributed by atoms with Gasteiger partial charge in [0, 0.05) is 14.8 Å². The quantitative estimate of drug-likeness (QED) is 0.363. The van der Waals surface area contributed by atoms with Gasteiger partial charge in [-0.15, -0.1) is 0 Å². The fourth-order valence-electron chi connectivity index (χ4n) is 3.62. The average Bonchev–Trinajstić information content (AvgIpc) is 3.34. The maximum absolute atomic E-state index is 13.3. The first-order chi connectivity index (χ1) is 16.7. The molecule has 0 aliphatic rings. The molecule has 12 heteroatoms. The zero-order valence-corrected chi connectivity index (χ0v) is 19.4. The van der Waals surface area contributed by atoms with Crippen LogP contribution in [0.2, 0.25) is 5.02 Å². The Balaban J connectivity index is 1.98. The number of rotatable bonds is 8. The Bertz CT molecular complexity index is 1570. The van der Waals surface area contributed by atoms with Crippen molar-refractivity contribution in [2.75, 3.05) is 0 Å². The first kappa shape index (κ1) is 24.2. The fraction of sp³-hybridized carbons (Fsp3) is 0.130. The summed E-state index contributed by atoms with van der Waals surface area (Å²) in [5.74, 6) is -2.81. The van der Waals surface area contributed by atoms with Crippen molar-refractivity contribution in [1.29, 1.82) is 0 Å². The predicted molar refractivity (Wildman–Crippen MR) is 125 cm³/mol. The van der Waals surface area contributed by atoms with E-state index in [0.29, 0.717) is 20.2 Å². The molecule has 2 aromatic heterocycles. The Kier molecular flexibility index (Phi) is 6.72. The summed E-state index contributed by atoms with van der Waals surface area (Å²) in [6.45, 7) is -0.151. The molecule has 0 aliphatic carbocycles.